The van der Waals surface area contributed by atoms with Gasteiger partial charge in [0.25, 0.3) is 0 Å². The van der Waals surface area contributed by atoms with Gasteiger partial charge in [-0.1, -0.05) is 41.5 Å². The van der Waals surface area contributed by atoms with E-state index in [-0.39, 0.29) is 23.1 Å². The van der Waals surface area contributed by atoms with E-state index in [0.29, 0.717) is 32.0 Å². The van der Waals surface area contributed by atoms with Crippen LogP contribution in [0.4, 0.5) is 0 Å². The lowest BCUT2D eigenvalue weighted by Crippen LogP contribution is -2.22. The molecule has 0 amide bonds. The highest BCUT2D eigenvalue weighted by Crippen LogP contribution is 2.37. The average Bonchev–Trinajstić information content (AvgIpc) is 3.05. The number of thiophene rings is 1. The van der Waals surface area contributed by atoms with E-state index in [1.165, 1.54) is 35.6 Å². The quantitative estimate of drug-likeness (QED) is 0.662. The third-order valence-electron chi connectivity index (χ3n) is 4.92. The van der Waals surface area contributed by atoms with Crippen molar-refractivity contribution in [2.75, 3.05) is 0 Å². The van der Waals surface area contributed by atoms with Crippen molar-refractivity contribution >= 4 is 45.6 Å². The number of ketones is 4. The molecule has 0 N–H and O–H groups in total. The van der Waals surface area contributed by atoms with Crippen LogP contribution in [0.25, 0.3) is 11.1 Å². The topological polar surface area (TPSA) is 68.3 Å². The minimum atomic E-state index is -0.411. The molecule has 0 fully saturated rings. The molecule has 0 saturated carbocycles. The Morgan fingerprint density at radius 2 is 0.897 bits per heavy atom. The van der Waals surface area contributed by atoms with E-state index in [1.54, 1.807) is 12.1 Å². The molecule has 3 rings (SSSR count). The number of rotatable bonds is 2. The molecule has 4 nitrogen and oxygen atoms in total. The zero-order valence-corrected chi connectivity index (χ0v) is 18.3. The van der Waals surface area contributed by atoms with Crippen LogP contribution in [0, 0.1) is 10.8 Å². The predicted octanol–water partition coefficient (Wildman–Crippen LogP) is 4.76. The molecule has 5 heteroatoms. The summed E-state index contributed by atoms with van der Waals surface area (Å²) in [5, 5.41) is 0. The van der Waals surface area contributed by atoms with Gasteiger partial charge >= 0.3 is 0 Å². The summed E-state index contributed by atoms with van der Waals surface area (Å²) in [4.78, 5) is 51.4. The molecule has 0 aromatic carbocycles. The van der Waals surface area contributed by atoms with Gasteiger partial charge in [0.2, 0.25) is 0 Å². The van der Waals surface area contributed by atoms with Gasteiger partial charge in [-0.3, -0.25) is 19.2 Å². The van der Waals surface area contributed by atoms with Gasteiger partial charge in [0.1, 0.15) is 0 Å². The van der Waals surface area contributed by atoms with Gasteiger partial charge in [0.15, 0.2) is 23.1 Å². The van der Waals surface area contributed by atoms with Crippen LogP contribution in [0.15, 0.2) is 47.6 Å². The Bertz CT molecular complexity index is 988. The van der Waals surface area contributed by atoms with Crippen LogP contribution in [0.1, 0.15) is 51.3 Å². The van der Waals surface area contributed by atoms with E-state index in [0.717, 1.165) is 0 Å². The molecule has 1 aromatic heterocycles. The Kier molecular flexibility index (Phi) is 5.08. The van der Waals surface area contributed by atoms with Gasteiger partial charge in [-0.2, -0.15) is 0 Å². The van der Waals surface area contributed by atoms with Gasteiger partial charge in [-0.15, -0.1) is 11.3 Å². The second-order valence-corrected chi connectivity index (χ2v) is 10.4. The Hall–Kier alpha value is -2.66. The molecule has 0 atom stereocenters. The standard InChI is InChI=1S/C24H24O4S/c1-23(2,3)15-11-17(25)13(9-19(15)27)21-7-8-22(29-21)14-10-20(28)16(12-18(14)26)24(4,5)6/h7-12H,1-6H3. The van der Waals surface area contributed by atoms with E-state index >= 15 is 0 Å². The lowest BCUT2D eigenvalue weighted by molar-refractivity contribution is -0.114. The first-order chi connectivity index (χ1) is 13.3. The van der Waals surface area contributed by atoms with Crippen molar-refractivity contribution in [1.82, 2.24) is 0 Å². The summed E-state index contributed by atoms with van der Waals surface area (Å²) in [5.74, 6) is -0.804. The highest BCUT2D eigenvalue weighted by molar-refractivity contribution is 7.15. The fraction of sp³-hybridized carbons (Fsp3) is 0.333. The minimum Gasteiger partial charge on any atom is -0.290 e. The van der Waals surface area contributed by atoms with Crippen molar-refractivity contribution in [3.63, 3.8) is 0 Å². The molecule has 0 saturated heterocycles. The lowest BCUT2D eigenvalue weighted by atomic mass is 9.79. The molecule has 0 radical (unpaired) electrons. The summed E-state index contributed by atoms with van der Waals surface area (Å²) in [5.41, 5.74) is 0.788. The second kappa shape index (κ2) is 6.99. The fourth-order valence-corrected chi connectivity index (χ4v) is 4.35. The lowest BCUT2D eigenvalue weighted by Gasteiger charge is -2.23. The second-order valence-electron chi connectivity index (χ2n) is 9.35. The molecule has 0 spiro atoms. The number of hydrogen-bond donors (Lipinski definition) is 0. The molecule has 2 aliphatic rings. The number of hydrogen-bond acceptors (Lipinski definition) is 5. The van der Waals surface area contributed by atoms with Crippen LogP contribution >= 0.6 is 11.3 Å². The third kappa shape index (κ3) is 4.06. The van der Waals surface area contributed by atoms with E-state index in [9.17, 15) is 19.2 Å². The largest absolute Gasteiger partial charge is 0.290 e. The molecular weight excluding hydrogens is 384 g/mol. The molecule has 29 heavy (non-hydrogen) atoms. The maximum absolute atomic E-state index is 12.6. The van der Waals surface area contributed by atoms with Crippen LogP contribution in [0.5, 0.6) is 0 Å². The van der Waals surface area contributed by atoms with Gasteiger partial charge in [-0.25, -0.2) is 0 Å². The van der Waals surface area contributed by atoms with Crippen molar-refractivity contribution in [3.05, 3.63) is 57.3 Å². The van der Waals surface area contributed by atoms with E-state index in [2.05, 4.69) is 0 Å². The molecule has 0 bridgehead atoms. The van der Waals surface area contributed by atoms with E-state index in [4.69, 9.17) is 0 Å². The Labute approximate surface area is 174 Å². The molecule has 1 aromatic rings. The smallest absolute Gasteiger partial charge is 0.187 e. The van der Waals surface area contributed by atoms with E-state index in [1.807, 2.05) is 41.5 Å². The van der Waals surface area contributed by atoms with Crippen molar-refractivity contribution in [3.8, 4) is 0 Å². The Morgan fingerprint density at radius 1 is 0.552 bits per heavy atom. The van der Waals surface area contributed by atoms with Crippen LogP contribution in [-0.4, -0.2) is 23.1 Å². The fourth-order valence-electron chi connectivity index (χ4n) is 3.30. The number of carbonyl (C=O) groups excluding carboxylic acids is 4. The summed E-state index contributed by atoms with van der Waals surface area (Å²) in [6, 6.07) is 3.43. The van der Waals surface area contributed by atoms with Gasteiger partial charge in [0, 0.05) is 32.0 Å². The van der Waals surface area contributed by atoms with Gasteiger partial charge in [-0.05, 0) is 47.3 Å². The Morgan fingerprint density at radius 3 is 1.21 bits per heavy atom. The van der Waals surface area contributed by atoms with Gasteiger partial charge in [0.05, 0.1) is 0 Å². The summed E-state index contributed by atoms with van der Waals surface area (Å²) >= 11 is 1.23. The number of allylic oxidation sites excluding steroid dienone is 8. The van der Waals surface area contributed by atoms with Crippen molar-refractivity contribution in [2.45, 2.75) is 41.5 Å². The highest BCUT2D eigenvalue weighted by atomic mass is 32.1. The summed E-state index contributed by atoms with van der Waals surface area (Å²) in [6.07, 6.45) is 5.56. The van der Waals surface area contributed by atoms with Crippen molar-refractivity contribution < 1.29 is 19.2 Å². The van der Waals surface area contributed by atoms with Gasteiger partial charge < -0.3 is 0 Å². The molecule has 1 heterocycles. The zero-order valence-electron chi connectivity index (χ0n) is 17.5. The number of carbonyl (C=O) groups is 4. The van der Waals surface area contributed by atoms with Crippen molar-refractivity contribution in [2.24, 2.45) is 10.8 Å². The third-order valence-corrected chi connectivity index (χ3v) is 6.07. The first kappa shape index (κ1) is 21.1. The van der Waals surface area contributed by atoms with Crippen molar-refractivity contribution in [1.29, 1.82) is 0 Å². The highest BCUT2D eigenvalue weighted by Gasteiger charge is 2.31. The summed E-state index contributed by atoms with van der Waals surface area (Å²) < 4.78 is 0. The maximum Gasteiger partial charge on any atom is 0.187 e. The molecule has 0 unspecified atom stereocenters. The van der Waals surface area contributed by atoms with E-state index < -0.39 is 10.8 Å². The molecule has 0 aliphatic heterocycles. The predicted molar refractivity (Wildman–Crippen MR) is 115 cm³/mol. The SMILES string of the molecule is CC(C)(C)C1=CC(=O)C(c2ccc(C3=CC(=O)C(C(C)(C)C)=CC3=O)s2)=CC1=O. The zero-order chi connectivity index (χ0) is 21.7. The molecule has 150 valence electrons. The van der Waals surface area contributed by atoms with Crippen LogP contribution in [0.2, 0.25) is 0 Å². The average molecular weight is 409 g/mol. The maximum atomic E-state index is 12.6. The first-order valence-electron chi connectivity index (χ1n) is 9.44. The monoisotopic (exact) mass is 408 g/mol. The summed E-state index contributed by atoms with van der Waals surface area (Å²) in [7, 11) is 0. The minimum absolute atomic E-state index is 0.178. The normalized spacial score (nSPS) is 18.4. The van der Waals surface area contributed by atoms with Crippen LogP contribution in [-0.2, 0) is 19.2 Å². The first-order valence-corrected chi connectivity index (χ1v) is 10.3. The molecular formula is C24H24O4S. The molecule has 2 aliphatic carbocycles. The summed E-state index contributed by atoms with van der Waals surface area (Å²) in [6.45, 7) is 11.4. The van der Waals surface area contributed by atoms with Crippen LogP contribution < -0.4 is 0 Å². The van der Waals surface area contributed by atoms with Crippen LogP contribution in [0.3, 0.4) is 0 Å². The Balaban J connectivity index is 1.92.